The van der Waals surface area contributed by atoms with Crippen molar-refractivity contribution in [2.75, 3.05) is 18.0 Å². The number of rotatable bonds is 4. The molecule has 6 nitrogen and oxygen atoms in total. The van der Waals surface area contributed by atoms with E-state index in [9.17, 15) is 9.90 Å². The van der Waals surface area contributed by atoms with Gasteiger partial charge >= 0.3 is 5.97 Å². The second-order valence-corrected chi connectivity index (χ2v) is 6.38. The fourth-order valence-corrected chi connectivity index (χ4v) is 3.31. The Kier molecular flexibility index (Phi) is 3.52. The number of aromatic nitrogens is 3. The van der Waals surface area contributed by atoms with E-state index >= 15 is 0 Å². The average molecular weight is 312 g/mol. The third-order valence-corrected chi connectivity index (χ3v) is 4.69. The number of carboxylic acid groups (broad SMARTS) is 1. The lowest BCUT2D eigenvalue weighted by Crippen LogP contribution is -2.29. The van der Waals surface area contributed by atoms with E-state index in [-0.39, 0.29) is 11.6 Å². The average Bonchev–Trinajstić information content (AvgIpc) is 3.33. The van der Waals surface area contributed by atoms with E-state index in [1.807, 2.05) is 12.1 Å². The van der Waals surface area contributed by atoms with Crippen molar-refractivity contribution in [1.82, 2.24) is 15.0 Å². The number of nitrogens with zero attached hydrogens (tertiary/aromatic N) is 4. The SMILES string of the molecule is O=C(O)c1nnn(-c2ccc(N3CCCCC3)cc2)c1C1CC1. The summed E-state index contributed by atoms with van der Waals surface area (Å²) in [6.07, 6.45) is 5.84. The predicted molar refractivity (Wildman–Crippen MR) is 86.4 cm³/mol. The number of aromatic carboxylic acids is 1. The van der Waals surface area contributed by atoms with Crippen molar-refractivity contribution in [3.63, 3.8) is 0 Å². The van der Waals surface area contributed by atoms with Crippen molar-refractivity contribution >= 4 is 11.7 Å². The minimum absolute atomic E-state index is 0.0904. The fraction of sp³-hybridized carbons (Fsp3) is 0.471. The number of carbonyl (C=O) groups is 1. The van der Waals surface area contributed by atoms with Crippen LogP contribution in [0.25, 0.3) is 5.69 Å². The molecule has 2 fully saturated rings. The lowest BCUT2D eigenvalue weighted by Gasteiger charge is -2.28. The Morgan fingerprint density at radius 3 is 2.30 bits per heavy atom. The van der Waals surface area contributed by atoms with Crippen molar-refractivity contribution in [2.24, 2.45) is 0 Å². The van der Waals surface area contributed by atoms with Crippen LogP contribution < -0.4 is 4.90 Å². The highest BCUT2D eigenvalue weighted by Gasteiger charge is 2.34. The Balaban J connectivity index is 1.64. The molecular formula is C17H20N4O2. The standard InChI is InChI=1S/C17H20N4O2/c22-17(23)15-16(12-4-5-12)21(19-18-15)14-8-6-13(7-9-14)20-10-2-1-3-11-20/h6-9,12H,1-5,10-11H2,(H,22,23). The minimum atomic E-state index is -0.997. The molecular weight excluding hydrogens is 292 g/mol. The number of benzene rings is 1. The van der Waals surface area contributed by atoms with Gasteiger partial charge in [-0.2, -0.15) is 0 Å². The van der Waals surface area contributed by atoms with Gasteiger partial charge in [0.1, 0.15) is 0 Å². The molecule has 2 aliphatic rings. The van der Waals surface area contributed by atoms with Crippen LogP contribution in [0.5, 0.6) is 0 Å². The van der Waals surface area contributed by atoms with Crippen molar-refractivity contribution in [2.45, 2.75) is 38.0 Å². The van der Waals surface area contributed by atoms with Gasteiger partial charge in [-0.15, -0.1) is 5.10 Å². The Morgan fingerprint density at radius 2 is 1.70 bits per heavy atom. The van der Waals surface area contributed by atoms with E-state index in [2.05, 4.69) is 27.3 Å². The predicted octanol–water partition coefficient (Wildman–Crippen LogP) is 2.83. The Labute approximate surface area is 134 Å². The van der Waals surface area contributed by atoms with Gasteiger partial charge in [0.05, 0.1) is 11.4 Å². The monoisotopic (exact) mass is 312 g/mol. The number of hydrogen-bond acceptors (Lipinski definition) is 4. The number of carboxylic acids is 1. The van der Waals surface area contributed by atoms with Crippen molar-refractivity contribution in [1.29, 1.82) is 0 Å². The maximum absolute atomic E-state index is 11.3. The molecule has 1 saturated heterocycles. The molecule has 120 valence electrons. The van der Waals surface area contributed by atoms with Crippen molar-refractivity contribution in [3.05, 3.63) is 35.7 Å². The molecule has 2 heterocycles. The molecule has 1 N–H and O–H groups in total. The molecule has 1 aliphatic carbocycles. The van der Waals surface area contributed by atoms with Gasteiger partial charge < -0.3 is 10.0 Å². The van der Waals surface area contributed by atoms with Gasteiger partial charge in [-0.3, -0.25) is 0 Å². The van der Waals surface area contributed by atoms with Crippen LogP contribution in [0.3, 0.4) is 0 Å². The molecule has 2 aromatic rings. The van der Waals surface area contributed by atoms with Crippen molar-refractivity contribution in [3.8, 4) is 5.69 Å². The highest BCUT2D eigenvalue weighted by molar-refractivity contribution is 5.87. The summed E-state index contributed by atoms with van der Waals surface area (Å²) in [5.41, 5.74) is 2.93. The van der Waals surface area contributed by atoms with E-state index in [4.69, 9.17) is 0 Å². The number of piperidine rings is 1. The molecule has 1 aromatic carbocycles. The number of hydrogen-bond donors (Lipinski definition) is 1. The summed E-state index contributed by atoms with van der Waals surface area (Å²) in [6.45, 7) is 2.22. The third kappa shape index (κ3) is 2.69. The highest BCUT2D eigenvalue weighted by atomic mass is 16.4. The summed E-state index contributed by atoms with van der Waals surface area (Å²) in [5, 5.41) is 17.2. The van der Waals surface area contributed by atoms with E-state index in [0.29, 0.717) is 0 Å². The number of anilines is 1. The van der Waals surface area contributed by atoms with Gasteiger partial charge in [0.15, 0.2) is 5.69 Å². The molecule has 1 aliphatic heterocycles. The van der Waals surface area contributed by atoms with E-state index < -0.39 is 5.97 Å². The molecule has 0 amide bonds. The molecule has 0 radical (unpaired) electrons. The zero-order valence-electron chi connectivity index (χ0n) is 13.0. The molecule has 0 spiro atoms. The molecule has 6 heteroatoms. The van der Waals surface area contributed by atoms with Gasteiger partial charge in [-0.1, -0.05) is 5.21 Å². The van der Waals surface area contributed by atoms with Crippen LogP contribution in [0.4, 0.5) is 5.69 Å². The second kappa shape index (κ2) is 5.68. The summed E-state index contributed by atoms with van der Waals surface area (Å²) in [5.74, 6) is -0.721. The van der Waals surface area contributed by atoms with E-state index in [0.717, 1.165) is 37.3 Å². The van der Waals surface area contributed by atoms with Gasteiger partial charge in [-0.05, 0) is 56.4 Å². The van der Waals surface area contributed by atoms with Crippen LogP contribution >= 0.6 is 0 Å². The van der Waals surface area contributed by atoms with Crippen LogP contribution in [-0.2, 0) is 0 Å². The maximum atomic E-state index is 11.3. The lowest BCUT2D eigenvalue weighted by atomic mass is 10.1. The van der Waals surface area contributed by atoms with Gasteiger partial charge in [0, 0.05) is 24.7 Å². The lowest BCUT2D eigenvalue weighted by molar-refractivity contribution is 0.0689. The summed E-state index contributed by atoms with van der Waals surface area (Å²) in [7, 11) is 0. The largest absolute Gasteiger partial charge is 0.476 e. The van der Waals surface area contributed by atoms with Crippen LogP contribution in [0.15, 0.2) is 24.3 Å². The van der Waals surface area contributed by atoms with Crippen molar-refractivity contribution < 1.29 is 9.90 Å². The Bertz CT molecular complexity index is 713. The Morgan fingerprint density at radius 1 is 1.04 bits per heavy atom. The second-order valence-electron chi connectivity index (χ2n) is 6.38. The first kappa shape index (κ1) is 14.2. The topological polar surface area (TPSA) is 71.2 Å². The van der Waals surface area contributed by atoms with Crippen LogP contribution in [0.1, 0.15) is 54.2 Å². The molecule has 1 saturated carbocycles. The summed E-state index contributed by atoms with van der Waals surface area (Å²) < 4.78 is 1.70. The molecule has 0 bridgehead atoms. The third-order valence-electron chi connectivity index (χ3n) is 4.69. The quantitative estimate of drug-likeness (QED) is 0.940. The van der Waals surface area contributed by atoms with Crippen LogP contribution in [-0.4, -0.2) is 39.2 Å². The van der Waals surface area contributed by atoms with E-state index in [1.165, 1.54) is 24.9 Å². The first-order valence-corrected chi connectivity index (χ1v) is 8.28. The van der Waals surface area contributed by atoms with Crippen LogP contribution in [0.2, 0.25) is 0 Å². The highest BCUT2D eigenvalue weighted by Crippen LogP contribution is 2.42. The zero-order valence-corrected chi connectivity index (χ0v) is 13.0. The minimum Gasteiger partial charge on any atom is -0.476 e. The fourth-order valence-electron chi connectivity index (χ4n) is 3.31. The summed E-state index contributed by atoms with van der Waals surface area (Å²) in [6, 6.07) is 8.21. The first-order chi connectivity index (χ1) is 11.2. The summed E-state index contributed by atoms with van der Waals surface area (Å²) in [4.78, 5) is 13.7. The normalized spacial score (nSPS) is 18.2. The summed E-state index contributed by atoms with van der Waals surface area (Å²) >= 11 is 0. The maximum Gasteiger partial charge on any atom is 0.358 e. The van der Waals surface area contributed by atoms with E-state index in [1.54, 1.807) is 4.68 Å². The van der Waals surface area contributed by atoms with Gasteiger partial charge in [-0.25, -0.2) is 9.48 Å². The molecule has 23 heavy (non-hydrogen) atoms. The first-order valence-electron chi connectivity index (χ1n) is 8.28. The molecule has 0 unspecified atom stereocenters. The van der Waals surface area contributed by atoms with Gasteiger partial charge in [0.25, 0.3) is 0 Å². The smallest absolute Gasteiger partial charge is 0.358 e. The molecule has 1 aromatic heterocycles. The van der Waals surface area contributed by atoms with Gasteiger partial charge in [0.2, 0.25) is 0 Å². The molecule has 0 atom stereocenters. The molecule has 4 rings (SSSR count). The van der Waals surface area contributed by atoms with Crippen LogP contribution in [0, 0.1) is 0 Å². The zero-order chi connectivity index (χ0) is 15.8. The Hall–Kier alpha value is -2.37.